The van der Waals surface area contributed by atoms with Gasteiger partial charge >= 0.3 is 6.18 Å². The molecule has 2 aromatic heterocycles. The maximum Gasteiger partial charge on any atom is 0.418 e. The van der Waals surface area contributed by atoms with Crippen LogP contribution in [0.15, 0.2) is 12.1 Å². The van der Waals surface area contributed by atoms with Crippen molar-refractivity contribution in [2.75, 3.05) is 18.8 Å². The quantitative estimate of drug-likeness (QED) is 0.330. The van der Waals surface area contributed by atoms with E-state index in [4.69, 9.17) is 22.4 Å². The summed E-state index contributed by atoms with van der Waals surface area (Å²) < 4.78 is 60.0. The number of benzene rings is 1. The van der Waals surface area contributed by atoms with Gasteiger partial charge in [-0.25, -0.2) is 9.37 Å². The molecule has 34 heavy (non-hydrogen) atoms. The highest BCUT2D eigenvalue weighted by molar-refractivity contribution is 6.32. The Labute approximate surface area is 199 Å². The number of fused-ring (bicyclic) bond motifs is 1. The van der Waals surface area contributed by atoms with Gasteiger partial charge in [-0.1, -0.05) is 32.4 Å². The zero-order chi connectivity index (χ0) is 24.5. The van der Waals surface area contributed by atoms with E-state index < -0.39 is 33.8 Å². The van der Waals surface area contributed by atoms with Gasteiger partial charge in [0, 0.05) is 29.1 Å². The van der Waals surface area contributed by atoms with Crippen LogP contribution in [0.1, 0.15) is 68.4 Å². The standard InChI is InChI=1S/C24H26ClF4N5/c1-10(2)20-17-21(15-9-31-8-11(15)3)33-34(13-4-5-13)23(17)19(26)22(32-20)14-6-12(30)7-16(25)18(14)24(27,28)29/h6-7,10-11,13,15,31H,4-5,8-9,30H2,1-3H3. The van der Waals surface area contributed by atoms with Crippen LogP contribution < -0.4 is 11.1 Å². The molecule has 3 N–H and O–H groups in total. The molecule has 0 spiro atoms. The molecule has 5 rings (SSSR count). The second-order valence-corrected chi connectivity index (χ2v) is 10.2. The lowest BCUT2D eigenvalue weighted by Gasteiger charge is -2.19. The van der Waals surface area contributed by atoms with Gasteiger partial charge in [0.1, 0.15) is 11.2 Å². The van der Waals surface area contributed by atoms with E-state index in [-0.39, 0.29) is 35.0 Å². The van der Waals surface area contributed by atoms with Crippen molar-refractivity contribution in [1.29, 1.82) is 0 Å². The third-order valence-corrected chi connectivity index (χ3v) is 7.10. The Morgan fingerprint density at radius 1 is 1.21 bits per heavy atom. The van der Waals surface area contributed by atoms with E-state index in [1.54, 1.807) is 4.68 Å². The maximum absolute atomic E-state index is 16.3. The van der Waals surface area contributed by atoms with Crippen LogP contribution in [0.2, 0.25) is 5.02 Å². The van der Waals surface area contributed by atoms with E-state index in [0.29, 0.717) is 17.6 Å². The molecule has 2 atom stereocenters. The summed E-state index contributed by atoms with van der Waals surface area (Å²) >= 11 is 5.97. The molecule has 0 radical (unpaired) electrons. The van der Waals surface area contributed by atoms with Crippen molar-refractivity contribution >= 4 is 28.2 Å². The first-order valence-corrected chi connectivity index (χ1v) is 11.9. The SMILES string of the molecule is CC(C)c1nc(-c2cc(N)cc(Cl)c2C(F)(F)F)c(F)c2c1c(C1CNCC1C)nn2C1CC1. The normalized spacial score (nSPS) is 21.2. The average molecular weight is 496 g/mol. The summed E-state index contributed by atoms with van der Waals surface area (Å²) in [5.41, 5.74) is 5.35. The number of halogens is 5. The van der Waals surface area contributed by atoms with Crippen LogP contribution in [-0.4, -0.2) is 27.9 Å². The van der Waals surface area contributed by atoms with Crippen LogP contribution in [0.3, 0.4) is 0 Å². The summed E-state index contributed by atoms with van der Waals surface area (Å²) in [5.74, 6) is -0.638. The lowest BCUT2D eigenvalue weighted by Crippen LogP contribution is -2.12. The predicted octanol–water partition coefficient (Wildman–Crippen LogP) is 6.27. The van der Waals surface area contributed by atoms with Crippen LogP contribution in [-0.2, 0) is 6.18 Å². The Bertz CT molecular complexity index is 1280. The Hall–Kier alpha value is -2.39. The van der Waals surface area contributed by atoms with E-state index in [1.807, 2.05) is 13.8 Å². The predicted molar refractivity (Wildman–Crippen MR) is 124 cm³/mol. The first kappa shape index (κ1) is 23.4. The van der Waals surface area contributed by atoms with Crippen LogP contribution in [0.5, 0.6) is 0 Å². The fourth-order valence-electron chi connectivity index (χ4n) is 4.97. The molecule has 1 saturated heterocycles. The first-order chi connectivity index (χ1) is 16.0. The molecular formula is C24H26ClF4N5. The second kappa shape index (κ2) is 8.09. The summed E-state index contributed by atoms with van der Waals surface area (Å²) in [4.78, 5) is 4.51. The molecule has 3 aromatic rings. The molecule has 3 heterocycles. The van der Waals surface area contributed by atoms with Crippen molar-refractivity contribution in [3.63, 3.8) is 0 Å². The highest BCUT2D eigenvalue weighted by Gasteiger charge is 2.40. The Morgan fingerprint density at radius 3 is 2.47 bits per heavy atom. The van der Waals surface area contributed by atoms with Gasteiger partial charge in [-0.2, -0.15) is 18.3 Å². The zero-order valence-electron chi connectivity index (χ0n) is 19.1. The van der Waals surface area contributed by atoms with Crippen molar-refractivity contribution in [3.05, 3.63) is 39.9 Å². The van der Waals surface area contributed by atoms with Crippen LogP contribution in [0.4, 0.5) is 23.2 Å². The van der Waals surface area contributed by atoms with E-state index in [1.165, 1.54) is 0 Å². The minimum atomic E-state index is -4.81. The molecule has 2 fully saturated rings. The van der Waals surface area contributed by atoms with Gasteiger partial charge in [0.15, 0.2) is 5.82 Å². The molecule has 0 amide bonds. The molecule has 0 bridgehead atoms. The monoisotopic (exact) mass is 495 g/mol. The molecule has 182 valence electrons. The molecule has 1 saturated carbocycles. The van der Waals surface area contributed by atoms with Gasteiger partial charge in [0.05, 0.1) is 28.0 Å². The molecule has 10 heteroatoms. The third-order valence-electron chi connectivity index (χ3n) is 6.80. The van der Waals surface area contributed by atoms with Gasteiger partial charge < -0.3 is 11.1 Å². The summed E-state index contributed by atoms with van der Waals surface area (Å²) in [6.07, 6.45) is -3.12. The fourth-order valence-corrected chi connectivity index (χ4v) is 5.31. The lowest BCUT2D eigenvalue weighted by molar-refractivity contribution is -0.137. The van der Waals surface area contributed by atoms with Crippen molar-refractivity contribution in [1.82, 2.24) is 20.1 Å². The smallest absolute Gasteiger partial charge is 0.399 e. The maximum atomic E-state index is 16.3. The number of alkyl halides is 3. The lowest BCUT2D eigenvalue weighted by atomic mass is 9.90. The van der Waals surface area contributed by atoms with Gasteiger partial charge in [-0.3, -0.25) is 4.68 Å². The highest BCUT2D eigenvalue weighted by Crippen LogP contribution is 2.47. The Morgan fingerprint density at radius 2 is 1.91 bits per heavy atom. The minimum Gasteiger partial charge on any atom is -0.399 e. The van der Waals surface area contributed by atoms with Gasteiger partial charge in [0.2, 0.25) is 0 Å². The fraction of sp³-hybridized carbons (Fsp3) is 0.500. The second-order valence-electron chi connectivity index (χ2n) is 9.76. The number of hydrogen-bond acceptors (Lipinski definition) is 4. The number of nitrogens with one attached hydrogen (secondary N) is 1. The van der Waals surface area contributed by atoms with E-state index in [9.17, 15) is 13.2 Å². The molecule has 2 aliphatic rings. The molecule has 1 aliphatic carbocycles. The number of nitrogens with zero attached hydrogens (tertiary/aromatic N) is 3. The highest BCUT2D eigenvalue weighted by atomic mass is 35.5. The molecule has 5 nitrogen and oxygen atoms in total. The first-order valence-electron chi connectivity index (χ1n) is 11.5. The number of nitrogens with two attached hydrogens (primary N) is 1. The molecule has 1 aromatic carbocycles. The average Bonchev–Trinajstić information content (AvgIpc) is 3.37. The van der Waals surface area contributed by atoms with E-state index in [0.717, 1.165) is 37.2 Å². The Kier molecular flexibility index (Phi) is 5.55. The largest absolute Gasteiger partial charge is 0.418 e. The van der Waals surface area contributed by atoms with Gasteiger partial charge in [-0.05, 0) is 43.4 Å². The van der Waals surface area contributed by atoms with Gasteiger partial charge in [0.25, 0.3) is 0 Å². The number of pyridine rings is 1. The summed E-state index contributed by atoms with van der Waals surface area (Å²) in [6.45, 7) is 7.44. The van der Waals surface area contributed by atoms with E-state index in [2.05, 4.69) is 17.2 Å². The molecule has 1 aliphatic heterocycles. The van der Waals surface area contributed by atoms with E-state index >= 15 is 4.39 Å². The van der Waals surface area contributed by atoms with Gasteiger partial charge in [-0.15, -0.1) is 0 Å². The molecular weight excluding hydrogens is 470 g/mol. The number of anilines is 1. The van der Waals surface area contributed by atoms with Crippen LogP contribution in [0.25, 0.3) is 22.2 Å². The molecule has 2 unspecified atom stereocenters. The summed E-state index contributed by atoms with van der Waals surface area (Å²) in [5, 5.41) is 8.24. The summed E-state index contributed by atoms with van der Waals surface area (Å²) in [6, 6.07) is 2.14. The zero-order valence-corrected chi connectivity index (χ0v) is 19.9. The van der Waals surface area contributed by atoms with Crippen LogP contribution in [0, 0.1) is 11.7 Å². The third kappa shape index (κ3) is 3.73. The topological polar surface area (TPSA) is 68.8 Å². The van der Waals surface area contributed by atoms with Crippen molar-refractivity contribution in [3.8, 4) is 11.3 Å². The van der Waals surface area contributed by atoms with Crippen molar-refractivity contribution < 1.29 is 17.6 Å². The number of hydrogen-bond donors (Lipinski definition) is 2. The number of nitrogen functional groups attached to an aromatic ring is 1. The van der Waals surface area contributed by atoms with Crippen LogP contribution >= 0.6 is 11.6 Å². The van der Waals surface area contributed by atoms with Crippen molar-refractivity contribution in [2.45, 2.75) is 57.7 Å². The summed E-state index contributed by atoms with van der Waals surface area (Å²) in [7, 11) is 0. The Balaban J connectivity index is 1.87. The number of rotatable bonds is 4. The minimum absolute atomic E-state index is 0.00244. The number of aromatic nitrogens is 3. The van der Waals surface area contributed by atoms with Crippen molar-refractivity contribution in [2.24, 2.45) is 5.92 Å².